The van der Waals surface area contributed by atoms with E-state index in [1.54, 1.807) is 6.07 Å². The van der Waals surface area contributed by atoms with E-state index in [0.29, 0.717) is 4.47 Å². The van der Waals surface area contributed by atoms with Crippen LogP contribution in [0.3, 0.4) is 0 Å². The minimum absolute atomic E-state index is 0.198. The number of nitrogens with zero attached hydrogens (tertiary/aromatic N) is 2. The lowest BCUT2D eigenvalue weighted by Gasteiger charge is -2.08. The molecule has 0 amide bonds. The second-order valence-electron chi connectivity index (χ2n) is 3.80. The molecule has 0 fully saturated rings. The standard InChI is InChI=1S/C12H13BrFN3S/c1-3-9(15-2)12-17-16-11(18-12)7-5-4-6-8(14)10(7)13/h4-6,9,15H,3H2,1-2H3. The Morgan fingerprint density at radius 1 is 1.44 bits per heavy atom. The Labute approximate surface area is 118 Å². The lowest BCUT2D eigenvalue weighted by atomic mass is 10.2. The van der Waals surface area contributed by atoms with Gasteiger partial charge in [0.15, 0.2) is 0 Å². The van der Waals surface area contributed by atoms with Gasteiger partial charge in [-0.2, -0.15) is 0 Å². The first-order valence-electron chi connectivity index (χ1n) is 5.62. The molecule has 2 aromatic rings. The normalized spacial score (nSPS) is 12.7. The van der Waals surface area contributed by atoms with E-state index in [1.807, 2.05) is 13.1 Å². The monoisotopic (exact) mass is 329 g/mol. The zero-order valence-corrected chi connectivity index (χ0v) is 12.5. The average Bonchev–Trinajstić information content (AvgIpc) is 2.84. The maximum atomic E-state index is 13.5. The summed E-state index contributed by atoms with van der Waals surface area (Å²) >= 11 is 4.73. The molecule has 0 aliphatic carbocycles. The van der Waals surface area contributed by atoms with Gasteiger partial charge in [-0.05, 0) is 35.5 Å². The molecule has 1 unspecified atom stereocenters. The predicted molar refractivity (Wildman–Crippen MR) is 75.1 cm³/mol. The van der Waals surface area contributed by atoms with Gasteiger partial charge in [0.1, 0.15) is 15.8 Å². The lowest BCUT2D eigenvalue weighted by Crippen LogP contribution is -2.14. The number of halogens is 2. The summed E-state index contributed by atoms with van der Waals surface area (Å²) < 4.78 is 13.9. The molecule has 3 nitrogen and oxygen atoms in total. The average molecular weight is 330 g/mol. The van der Waals surface area contributed by atoms with Gasteiger partial charge in [-0.3, -0.25) is 0 Å². The van der Waals surface area contributed by atoms with Crippen molar-refractivity contribution in [1.82, 2.24) is 15.5 Å². The fourth-order valence-corrected chi connectivity index (χ4v) is 3.31. The van der Waals surface area contributed by atoms with Crippen LogP contribution < -0.4 is 5.32 Å². The summed E-state index contributed by atoms with van der Waals surface area (Å²) in [6.07, 6.45) is 0.940. The highest BCUT2D eigenvalue weighted by Crippen LogP contribution is 2.33. The SMILES string of the molecule is CCC(NC)c1nnc(-c2cccc(F)c2Br)s1. The number of nitrogens with one attached hydrogen (secondary N) is 1. The van der Waals surface area contributed by atoms with E-state index in [0.717, 1.165) is 22.0 Å². The van der Waals surface area contributed by atoms with Crippen LogP contribution in [0, 0.1) is 5.82 Å². The molecule has 1 aromatic heterocycles. The quantitative estimate of drug-likeness (QED) is 0.927. The molecule has 2 rings (SSSR count). The van der Waals surface area contributed by atoms with Crippen molar-refractivity contribution < 1.29 is 4.39 Å². The maximum absolute atomic E-state index is 13.5. The molecule has 1 aromatic carbocycles. The molecule has 0 bridgehead atoms. The molecule has 1 atom stereocenters. The van der Waals surface area contributed by atoms with Crippen molar-refractivity contribution in [2.75, 3.05) is 7.05 Å². The second kappa shape index (κ2) is 5.86. The van der Waals surface area contributed by atoms with Crippen LogP contribution in [0.15, 0.2) is 22.7 Å². The lowest BCUT2D eigenvalue weighted by molar-refractivity contribution is 0.568. The van der Waals surface area contributed by atoms with Crippen molar-refractivity contribution in [1.29, 1.82) is 0 Å². The van der Waals surface area contributed by atoms with Crippen molar-refractivity contribution in [3.63, 3.8) is 0 Å². The van der Waals surface area contributed by atoms with Crippen molar-refractivity contribution in [2.24, 2.45) is 0 Å². The molecule has 1 heterocycles. The van der Waals surface area contributed by atoms with E-state index >= 15 is 0 Å². The number of rotatable bonds is 4. The van der Waals surface area contributed by atoms with E-state index in [9.17, 15) is 4.39 Å². The molecular weight excluding hydrogens is 317 g/mol. The minimum atomic E-state index is -0.287. The van der Waals surface area contributed by atoms with Gasteiger partial charge < -0.3 is 5.32 Å². The Balaban J connectivity index is 2.38. The zero-order valence-electron chi connectivity index (χ0n) is 10.1. The Morgan fingerprint density at radius 3 is 2.89 bits per heavy atom. The van der Waals surface area contributed by atoms with E-state index in [4.69, 9.17) is 0 Å². The van der Waals surface area contributed by atoms with Crippen LogP contribution in [-0.2, 0) is 0 Å². The maximum Gasteiger partial charge on any atom is 0.149 e. The Bertz CT molecular complexity index is 540. The van der Waals surface area contributed by atoms with Crippen LogP contribution in [0.1, 0.15) is 24.4 Å². The summed E-state index contributed by atoms with van der Waals surface area (Å²) in [4.78, 5) is 0. The molecule has 0 saturated carbocycles. The summed E-state index contributed by atoms with van der Waals surface area (Å²) in [5.41, 5.74) is 0.740. The highest BCUT2D eigenvalue weighted by molar-refractivity contribution is 9.10. The van der Waals surface area contributed by atoms with Crippen molar-refractivity contribution in [3.05, 3.63) is 33.5 Å². The first kappa shape index (κ1) is 13.6. The molecule has 6 heteroatoms. The van der Waals surface area contributed by atoms with Crippen LogP contribution in [-0.4, -0.2) is 17.2 Å². The summed E-state index contributed by atoms with van der Waals surface area (Å²) in [5.74, 6) is -0.287. The smallest absolute Gasteiger partial charge is 0.149 e. The molecule has 0 aliphatic heterocycles. The van der Waals surface area contributed by atoms with E-state index < -0.39 is 0 Å². The third kappa shape index (κ3) is 2.60. The van der Waals surface area contributed by atoms with E-state index in [2.05, 4.69) is 38.4 Å². The molecular formula is C12H13BrFN3S. The summed E-state index contributed by atoms with van der Waals surface area (Å²) in [6, 6.07) is 5.12. The highest BCUT2D eigenvalue weighted by Gasteiger charge is 2.16. The summed E-state index contributed by atoms with van der Waals surface area (Å²) in [6.45, 7) is 2.08. The van der Waals surface area contributed by atoms with Gasteiger partial charge in [-0.25, -0.2) is 4.39 Å². The third-order valence-electron chi connectivity index (χ3n) is 2.68. The minimum Gasteiger partial charge on any atom is -0.311 e. The van der Waals surface area contributed by atoms with Gasteiger partial charge in [0.25, 0.3) is 0 Å². The van der Waals surface area contributed by atoms with Gasteiger partial charge in [0.2, 0.25) is 0 Å². The van der Waals surface area contributed by atoms with E-state index in [1.165, 1.54) is 17.4 Å². The molecule has 0 aliphatic rings. The Kier molecular flexibility index (Phi) is 4.42. The van der Waals surface area contributed by atoms with Gasteiger partial charge in [0.05, 0.1) is 10.5 Å². The van der Waals surface area contributed by atoms with Gasteiger partial charge in [0, 0.05) is 5.56 Å². The molecule has 0 radical (unpaired) electrons. The summed E-state index contributed by atoms with van der Waals surface area (Å²) in [7, 11) is 1.90. The first-order chi connectivity index (χ1) is 8.67. The second-order valence-corrected chi connectivity index (χ2v) is 5.60. The first-order valence-corrected chi connectivity index (χ1v) is 7.23. The number of aromatic nitrogens is 2. The fraction of sp³-hybridized carbons (Fsp3) is 0.333. The van der Waals surface area contributed by atoms with Crippen molar-refractivity contribution in [2.45, 2.75) is 19.4 Å². The number of benzene rings is 1. The molecule has 1 N–H and O–H groups in total. The molecule has 0 spiro atoms. The van der Waals surface area contributed by atoms with E-state index in [-0.39, 0.29) is 11.9 Å². The predicted octanol–water partition coefficient (Wildman–Crippen LogP) is 3.78. The zero-order chi connectivity index (χ0) is 13.1. The third-order valence-corrected chi connectivity index (χ3v) is 4.55. The Morgan fingerprint density at radius 2 is 2.22 bits per heavy atom. The topological polar surface area (TPSA) is 37.8 Å². The van der Waals surface area contributed by atoms with Crippen LogP contribution in [0.5, 0.6) is 0 Å². The fourth-order valence-electron chi connectivity index (χ4n) is 1.66. The van der Waals surface area contributed by atoms with Crippen LogP contribution in [0.4, 0.5) is 4.39 Å². The van der Waals surface area contributed by atoms with Gasteiger partial charge >= 0.3 is 0 Å². The van der Waals surface area contributed by atoms with Gasteiger partial charge in [-0.1, -0.05) is 30.4 Å². The largest absolute Gasteiger partial charge is 0.311 e. The molecule has 18 heavy (non-hydrogen) atoms. The Hall–Kier alpha value is -0.850. The highest BCUT2D eigenvalue weighted by atomic mass is 79.9. The van der Waals surface area contributed by atoms with Gasteiger partial charge in [-0.15, -0.1) is 10.2 Å². The number of hydrogen-bond donors (Lipinski definition) is 1. The summed E-state index contributed by atoms with van der Waals surface area (Å²) in [5, 5.41) is 13.1. The van der Waals surface area contributed by atoms with Crippen LogP contribution >= 0.6 is 27.3 Å². The number of hydrogen-bond acceptors (Lipinski definition) is 4. The van der Waals surface area contributed by atoms with Crippen molar-refractivity contribution >= 4 is 27.3 Å². The molecule has 0 saturated heterocycles. The molecule has 96 valence electrons. The van der Waals surface area contributed by atoms with Crippen LogP contribution in [0.25, 0.3) is 10.6 Å². The van der Waals surface area contributed by atoms with Crippen molar-refractivity contribution in [3.8, 4) is 10.6 Å². The van der Waals surface area contributed by atoms with Crippen LogP contribution in [0.2, 0.25) is 0 Å².